The molecule has 1 saturated heterocycles. The van der Waals surface area contributed by atoms with E-state index in [1.807, 2.05) is 48.5 Å². The van der Waals surface area contributed by atoms with Crippen molar-refractivity contribution < 1.29 is 38.1 Å². The van der Waals surface area contributed by atoms with Crippen LogP contribution < -0.4 is 34.9 Å². The van der Waals surface area contributed by atoms with E-state index in [1.165, 1.54) is 17.2 Å². The van der Waals surface area contributed by atoms with Crippen molar-refractivity contribution in [2.24, 2.45) is 0 Å². The van der Waals surface area contributed by atoms with Gasteiger partial charge in [0.1, 0.15) is 42.3 Å². The lowest BCUT2D eigenvalue weighted by molar-refractivity contribution is -0.135. The van der Waals surface area contributed by atoms with Crippen LogP contribution in [0, 0.1) is 6.92 Å². The fourth-order valence-corrected chi connectivity index (χ4v) is 7.08. The van der Waals surface area contributed by atoms with Gasteiger partial charge in [-0.1, -0.05) is 72.8 Å². The number of methoxy groups -OCH3 is 2. The van der Waals surface area contributed by atoms with E-state index in [-0.39, 0.29) is 50.1 Å². The fraction of sp³-hybridized carbons (Fsp3) is 0.341. The highest BCUT2D eigenvalue weighted by molar-refractivity contribution is 6.01. The fourth-order valence-electron chi connectivity index (χ4n) is 7.08. The van der Waals surface area contributed by atoms with Crippen molar-refractivity contribution in [2.75, 3.05) is 47.1 Å². The molecule has 12 nitrogen and oxygen atoms in total. The number of carbonyl (C=O) groups excluding carboxylic acids is 3. The van der Waals surface area contributed by atoms with Crippen molar-refractivity contribution in [2.45, 2.75) is 50.9 Å². The highest BCUT2D eigenvalue weighted by Crippen LogP contribution is 2.35. The number of rotatable bonds is 12. The summed E-state index contributed by atoms with van der Waals surface area (Å²) in [6.45, 7) is 7.21. The van der Waals surface area contributed by atoms with Gasteiger partial charge in [-0.25, -0.2) is 4.79 Å². The zero-order valence-electron chi connectivity index (χ0n) is 32.2. The van der Waals surface area contributed by atoms with Gasteiger partial charge in [0.05, 0.1) is 32.4 Å². The molecule has 0 spiro atoms. The summed E-state index contributed by atoms with van der Waals surface area (Å²) in [4.78, 5) is 42.3. The van der Waals surface area contributed by atoms with E-state index in [0.717, 1.165) is 23.1 Å². The molecule has 1 fully saturated rings. The Morgan fingerprint density at radius 1 is 0.982 bits per heavy atom. The third-order valence-electron chi connectivity index (χ3n) is 10.0. The number of hydrogen-bond acceptors (Lipinski definition) is 9. The highest BCUT2D eigenvalue weighted by Gasteiger charge is 2.39. The number of aryl methyl sites for hydroxylation is 1. The Morgan fingerprint density at radius 3 is 2.46 bits per heavy atom. The van der Waals surface area contributed by atoms with Gasteiger partial charge in [-0.15, -0.1) is 0 Å². The Hall–Kier alpha value is -6.01. The molecule has 6 rings (SSSR count). The lowest BCUT2D eigenvalue weighted by Gasteiger charge is -2.29. The number of hydrogen-bond donors (Lipinski definition) is 3. The molecule has 0 unspecified atom stereocenters. The van der Waals surface area contributed by atoms with Gasteiger partial charge in [0, 0.05) is 49.8 Å². The van der Waals surface area contributed by atoms with Crippen LogP contribution in [0.15, 0.2) is 97.6 Å². The standard InChI is InChI=1S/C44H50N4O8/c1-5-20-55-44(51)47-39-17-19-45-42(49)37-12-7-6-11-36(37)31-9-8-10-34(22-31)56-28-33-23-32(27-48(33)43(39)50)46-26-38-40(52-3)24-35(25-41(38)53-4)54-21-18-30-15-13-29(2)14-16-30/h5-16,22,24-25,32-33,39,46H,1,17-21,23,26-28H2,2-4H3,(H,45,49)(H,47,51)/t32-,33-,39+/m0/s1. The van der Waals surface area contributed by atoms with E-state index >= 15 is 0 Å². The van der Waals surface area contributed by atoms with Crippen LogP contribution in [-0.4, -0.2) is 88.1 Å². The molecule has 0 aromatic heterocycles. The molecule has 0 aliphatic carbocycles. The number of benzene rings is 4. The molecular formula is C44H50N4O8. The number of alkyl carbamates (subject to hydrolysis) is 1. The number of carbonyl (C=O) groups is 3. The van der Waals surface area contributed by atoms with Crippen LogP contribution in [0.1, 0.15) is 39.9 Å². The molecule has 3 amide bonds. The minimum atomic E-state index is -0.978. The number of nitrogens with one attached hydrogen (secondary N) is 3. The molecule has 2 heterocycles. The lowest BCUT2D eigenvalue weighted by atomic mass is 9.99. The van der Waals surface area contributed by atoms with Crippen molar-refractivity contribution >= 4 is 17.9 Å². The molecule has 56 heavy (non-hydrogen) atoms. The van der Waals surface area contributed by atoms with Crippen LogP contribution in [0.2, 0.25) is 0 Å². The van der Waals surface area contributed by atoms with Gasteiger partial charge in [-0.05, 0) is 54.7 Å². The Labute approximate surface area is 328 Å². The van der Waals surface area contributed by atoms with Crippen LogP contribution in [-0.2, 0) is 22.5 Å². The zero-order valence-corrected chi connectivity index (χ0v) is 32.2. The number of ether oxygens (including phenoxy) is 5. The van der Waals surface area contributed by atoms with Crippen molar-refractivity contribution in [1.29, 1.82) is 0 Å². The molecule has 0 saturated carbocycles. The Bertz CT molecular complexity index is 1980. The van der Waals surface area contributed by atoms with Gasteiger partial charge >= 0.3 is 6.09 Å². The maximum absolute atomic E-state index is 14.4. The molecule has 4 aromatic rings. The van der Waals surface area contributed by atoms with Gasteiger partial charge in [0.2, 0.25) is 5.91 Å². The van der Waals surface area contributed by atoms with E-state index in [1.54, 1.807) is 31.3 Å². The summed E-state index contributed by atoms with van der Waals surface area (Å²) in [6.07, 6.45) is 2.17. The van der Waals surface area contributed by atoms with Gasteiger partial charge in [-0.2, -0.15) is 0 Å². The second-order valence-corrected chi connectivity index (χ2v) is 13.9. The maximum Gasteiger partial charge on any atom is 0.408 e. The lowest BCUT2D eigenvalue weighted by Crippen LogP contribution is -2.52. The summed E-state index contributed by atoms with van der Waals surface area (Å²) in [6, 6.07) is 25.6. The minimum Gasteiger partial charge on any atom is -0.496 e. The maximum atomic E-state index is 14.4. The predicted octanol–water partition coefficient (Wildman–Crippen LogP) is 5.85. The van der Waals surface area contributed by atoms with E-state index in [2.05, 4.69) is 53.7 Å². The Balaban J connectivity index is 1.20. The van der Waals surface area contributed by atoms with Crippen molar-refractivity contribution in [1.82, 2.24) is 20.9 Å². The summed E-state index contributed by atoms with van der Waals surface area (Å²) >= 11 is 0. The molecule has 2 bridgehead atoms. The largest absolute Gasteiger partial charge is 0.496 e. The summed E-state index contributed by atoms with van der Waals surface area (Å²) in [5, 5.41) is 9.28. The number of fused-ring (bicyclic) bond motifs is 5. The molecule has 12 heteroatoms. The second kappa shape index (κ2) is 19.0. The highest BCUT2D eigenvalue weighted by atomic mass is 16.5. The van der Waals surface area contributed by atoms with E-state index in [0.29, 0.717) is 54.7 Å². The topological polar surface area (TPSA) is 137 Å². The first kappa shape index (κ1) is 39.7. The smallest absolute Gasteiger partial charge is 0.408 e. The molecule has 294 valence electrons. The summed E-state index contributed by atoms with van der Waals surface area (Å²) in [5.74, 6) is 1.87. The molecule has 4 aromatic carbocycles. The van der Waals surface area contributed by atoms with Gasteiger partial charge < -0.3 is 44.5 Å². The number of amides is 3. The van der Waals surface area contributed by atoms with E-state index in [9.17, 15) is 14.4 Å². The third kappa shape index (κ3) is 9.99. The minimum absolute atomic E-state index is 0.0155. The average Bonchev–Trinajstić information content (AvgIpc) is 3.63. The van der Waals surface area contributed by atoms with Crippen LogP contribution >= 0.6 is 0 Å². The van der Waals surface area contributed by atoms with Crippen molar-refractivity contribution in [3.63, 3.8) is 0 Å². The SMILES string of the molecule is C=CCOC(=O)N[C@@H]1CCNC(=O)c2ccccc2-c2cccc(c2)OC[C@@H]2C[C@H](NCc3c(OC)cc(OCCc4ccc(C)cc4)cc3OC)CN2C1=O. The molecule has 2 aliphatic rings. The molecular weight excluding hydrogens is 713 g/mol. The normalized spacial score (nSPS) is 18.2. The van der Waals surface area contributed by atoms with Crippen molar-refractivity contribution in [3.8, 4) is 34.1 Å². The zero-order chi connectivity index (χ0) is 39.4. The van der Waals surface area contributed by atoms with Gasteiger partial charge in [0.25, 0.3) is 5.91 Å². The Morgan fingerprint density at radius 2 is 1.73 bits per heavy atom. The third-order valence-corrected chi connectivity index (χ3v) is 10.0. The first-order valence-electron chi connectivity index (χ1n) is 18.9. The molecule has 0 radical (unpaired) electrons. The first-order valence-corrected chi connectivity index (χ1v) is 18.9. The Kier molecular flexibility index (Phi) is 13.5. The van der Waals surface area contributed by atoms with Gasteiger partial charge in [-0.3, -0.25) is 9.59 Å². The second-order valence-electron chi connectivity index (χ2n) is 13.9. The summed E-state index contributed by atoms with van der Waals surface area (Å²) in [7, 11) is 3.22. The predicted molar refractivity (Wildman–Crippen MR) is 213 cm³/mol. The first-order chi connectivity index (χ1) is 27.3. The quantitative estimate of drug-likeness (QED) is 0.152. The molecule has 3 N–H and O–H groups in total. The monoisotopic (exact) mass is 762 g/mol. The molecule has 3 atom stereocenters. The molecule has 2 aliphatic heterocycles. The van der Waals surface area contributed by atoms with Crippen molar-refractivity contribution in [3.05, 3.63) is 120 Å². The van der Waals surface area contributed by atoms with Crippen LogP contribution in [0.4, 0.5) is 4.79 Å². The van der Waals surface area contributed by atoms with Crippen LogP contribution in [0.5, 0.6) is 23.0 Å². The summed E-state index contributed by atoms with van der Waals surface area (Å²) < 4.78 is 29.3. The van der Waals surface area contributed by atoms with Gasteiger partial charge in [0.15, 0.2) is 0 Å². The number of nitrogens with zero attached hydrogens (tertiary/aromatic N) is 1. The van der Waals surface area contributed by atoms with Crippen LogP contribution in [0.3, 0.4) is 0 Å². The van der Waals surface area contributed by atoms with Crippen LogP contribution in [0.25, 0.3) is 11.1 Å². The average molecular weight is 763 g/mol. The van der Waals surface area contributed by atoms with E-state index in [4.69, 9.17) is 23.7 Å². The van der Waals surface area contributed by atoms with E-state index < -0.39 is 12.1 Å². The summed E-state index contributed by atoms with van der Waals surface area (Å²) in [5.41, 5.74) is 5.29.